The van der Waals surface area contributed by atoms with Crippen molar-refractivity contribution in [2.45, 2.75) is 13.0 Å². The lowest BCUT2D eigenvalue weighted by atomic mass is 10.2. The molecule has 1 aromatic heterocycles. The number of terminal acetylenes is 1. The third-order valence-electron chi connectivity index (χ3n) is 5.25. The molecule has 1 atom stereocenters. The number of benzene rings is 1. The van der Waals surface area contributed by atoms with Gasteiger partial charge in [-0.2, -0.15) is 4.98 Å². The molecule has 2 heterocycles. The van der Waals surface area contributed by atoms with E-state index in [2.05, 4.69) is 46.9 Å². The van der Waals surface area contributed by atoms with Gasteiger partial charge in [-0.3, -0.25) is 9.80 Å². The first-order chi connectivity index (χ1) is 16.6. The van der Waals surface area contributed by atoms with Crippen molar-refractivity contribution < 1.29 is 19.3 Å². The van der Waals surface area contributed by atoms with E-state index >= 15 is 0 Å². The van der Waals surface area contributed by atoms with E-state index in [1.807, 2.05) is 31.2 Å². The van der Waals surface area contributed by atoms with Crippen molar-refractivity contribution in [2.24, 2.45) is 0 Å². The Morgan fingerprint density at radius 3 is 2.62 bits per heavy atom. The lowest BCUT2D eigenvalue weighted by molar-refractivity contribution is 0.0376. The number of hydrogen-bond acceptors (Lipinski definition) is 9. The molecule has 34 heavy (non-hydrogen) atoms. The van der Waals surface area contributed by atoms with Crippen LogP contribution in [0, 0.1) is 12.3 Å². The Balaban J connectivity index is 1.39. The summed E-state index contributed by atoms with van der Waals surface area (Å²) in [5.74, 6) is 3.85. The fourth-order valence-corrected chi connectivity index (χ4v) is 3.77. The molecule has 0 saturated carbocycles. The van der Waals surface area contributed by atoms with E-state index in [0.717, 1.165) is 51.6 Å². The van der Waals surface area contributed by atoms with Gasteiger partial charge in [-0.1, -0.05) is 5.92 Å². The first-order valence-electron chi connectivity index (χ1n) is 11.4. The van der Waals surface area contributed by atoms with Crippen LogP contribution in [0.5, 0.6) is 11.6 Å². The molecule has 9 nitrogen and oxygen atoms in total. The summed E-state index contributed by atoms with van der Waals surface area (Å²) in [6.45, 7) is 9.35. The number of β-amino-alcohol motifs (C(OH)–C–C–N with tert-alkyl or cyclic N) is 1. The van der Waals surface area contributed by atoms with Gasteiger partial charge in [0.15, 0.2) is 6.61 Å². The number of halogens is 1. The Labute approximate surface area is 209 Å². The molecule has 184 valence electrons. The summed E-state index contributed by atoms with van der Waals surface area (Å²) >= 11 is 3.34. The fraction of sp³-hybridized carbons (Fsp3) is 0.500. The van der Waals surface area contributed by atoms with Crippen LogP contribution in [0.3, 0.4) is 0 Å². The molecule has 1 unspecified atom stereocenters. The molecular weight excluding hydrogens is 502 g/mol. The second-order valence-corrected chi connectivity index (χ2v) is 8.65. The van der Waals surface area contributed by atoms with Crippen molar-refractivity contribution in [3.05, 3.63) is 34.9 Å². The molecule has 1 aliphatic heterocycles. The number of aliphatic hydroxyl groups excluding tert-OH is 1. The van der Waals surface area contributed by atoms with Crippen LogP contribution >= 0.6 is 15.9 Å². The van der Waals surface area contributed by atoms with E-state index in [-0.39, 0.29) is 13.2 Å². The summed E-state index contributed by atoms with van der Waals surface area (Å²) < 4.78 is 17.2. The van der Waals surface area contributed by atoms with Crippen LogP contribution in [0.1, 0.15) is 6.92 Å². The van der Waals surface area contributed by atoms with Gasteiger partial charge in [0.25, 0.3) is 0 Å². The van der Waals surface area contributed by atoms with Crippen LogP contribution in [0.15, 0.2) is 34.9 Å². The van der Waals surface area contributed by atoms with E-state index < -0.39 is 6.10 Å². The number of rotatable bonds is 13. The van der Waals surface area contributed by atoms with Gasteiger partial charge in [-0.05, 0) is 47.1 Å². The van der Waals surface area contributed by atoms with Crippen LogP contribution in [0.25, 0.3) is 0 Å². The number of hydrogen-bond donors (Lipinski definition) is 2. The van der Waals surface area contributed by atoms with Crippen molar-refractivity contribution in [3.63, 3.8) is 0 Å². The Hall–Kier alpha value is -2.42. The normalized spacial score (nSPS) is 15.5. The summed E-state index contributed by atoms with van der Waals surface area (Å²) in [4.78, 5) is 13.2. The molecule has 10 heteroatoms. The number of piperazine rings is 1. The molecule has 3 rings (SSSR count). The second-order valence-electron chi connectivity index (χ2n) is 7.79. The highest BCUT2D eigenvalue weighted by atomic mass is 79.9. The molecule has 0 radical (unpaired) electrons. The van der Waals surface area contributed by atoms with Crippen LogP contribution < -0.4 is 14.8 Å². The molecule has 0 aliphatic carbocycles. The number of nitrogens with zero attached hydrogens (tertiary/aromatic N) is 4. The molecule has 1 saturated heterocycles. The van der Waals surface area contributed by atoms with Crippen molar-refractivity contribution >= 4 is 27.6 Å². The second kappa shape index (κ2) is 14.1. The maximum Gasteiger partial charge on any atom is 0.233 e. The van der Waals surface area contributed by atoms with Crippen molar-refractivity contribution in [1.82, 2.24) is 19.8 Å². The quantitative estimate of drug-likeness (QED) is 0.297. The Kier molecular flexibility index (Phi) is 10.9. The highest BCUT2D eigenvalue weighted by Gasteiger charge is 2.19. The number of nitrogens with one attached hydrogen (secondary N) is 1. The summed E-state index contributed by atoms with van der Waals surface area (Å²) in [7, 11) is 0. The average Bonchev–Trinajstić information content (AvgIpc) is 2.85. The molecular formula is C24H32BrN5O4. The van der Waals surface area contributed by atoms with Crippen LogP contribution in [0.4, 0.5) is 11.6 Å². The number of aromatic nitrogens is 2. The van der Waals surface area contributed by atoms with Crippen molar-refractivity contribution in [2.75, 3.05) is 71.0 Å². The fourth-order valence-electron chi connectivity index (χ4n) is 3.46. The zero-order valence-corrected chi connectivity index (χ0v) is 21.0. The van der Waals surface area contributed by atoms with E-state index in [4.69, 9.17) is 20.6 Å². The minimum absolute atomic E-state index is 0.123. The first-order valence-corrected chi connectivity index (χ1v) is 12.2. The minimum Gasteiger partial charge on any atom is -0.491 e. The zero-order valence-electron chi connectivity index (χ0n) is 19.5. The molecule has 0 spiro atoms. The monoisotopic (exact) mass is 533 g/mol. The number of anilines is 2. The summed E-state index contributed by atoms with van der Waals surface area (Å²) in [5, 5.41) is 13.5. The molecule has 1 fully saturated rings. The predicted octanol–water partition coefficient (Wildman–Crippen LogP) is 2.39. The highest BCUT2D eigenvalue weighted by molar-refractivity contribution is 9.10. The van der Waals surface area contributed by atoms with Crippen molar-refractivity contribution in [1.29, 1.82) is 0 Å². The van der Waals surface area contributed by atoms with E-state index in [1.165, 1.54) is 0 Å². The maximum absolute atomic E-state index is 10.4. The number of aliphatic hydroxyl groups is 1. The zero-order chi connectivity index (χ0) is 24.2. The molecule has 2 aromatic rings. The molecule has 2 N–H and O–H groups in total. The Morgan fingerprint density at radius 1 is 1.18 bits per heavy atom. The first kappa shape index (κ1) is 26.2. The van der Waals surface area contributed by atoms with E-state index in [1.54, 1.807) is 6.20 Å². The lowest BCUT2D eigenvalue weighted by Gasteiger charge is -2.35. The molecule has 0 bridgehead atoms. The Morgan fingerprint density at radius 2 is 1.91 bits per heavy atom. The third kappa shape index (κ3) is 8.74. The van der Waals surface area contributed by atoms with Gasteiger partial charge < -0.3 is 24.6 Å². The minimum atomic E-state index is -0.551. The van der Waals surface area contributed by atoms with Gasteiger partial charge >= 0.3 is 0 Å². The van der Waals surface area contributed by atoms with Gasteiger partial charge in [0.2, 0.25) is 11.8 Å². The summed E-state index contributed by atoms with van der Waals surface area (Å²) in [5.41, 5.74) is 0.792. The van der Waals surface area contributed by atoms with Crippen LogP contribution in [0.2, 0.25) is 0 Å². The van der Waals surface area contributed by atoms with Gasteiger partial charge in [-0.15, -0.1) is 6.42 Å². The maximum atomic E-state index is 10.4. The summed E-state index contributed by atoms with van der Waals surface area (Å²) in [6, 6.07) is 7.38. The van der Waals surface area contributed by atoms with E-state index in [9.17, 15) is 5.11 Å². The Bertz CT molecular complexity index is 917. The lowest BCUT2D eigenvalue weighted by Crippen LogP contribution is -2.49. The van der Waals surface area contributed by atoms with Crippen molar-refractivity contribution in [3.8, 4) is 24.0 Å². The van der Waals surface area contributed by atoms with Gasteiger partial charge in [0.1, 0.15) is 18.5 Å². The van der Waals surface area contributed by atoms with Gasteiger partial charge in [0, 0.05) is 51.6 Å². The SMILES string of the molecule is C#CCOc1nc(Nc2ccc(OCC(O)CN3CCN(CCOCC)CC3)cc2)ncc1Br. The predicted molar refractivity (Wildman–Crippen MR) is 135 cm³/mol. The van der Waals surface area contributed by atoms with Gasteiger partial charge in [0.05, 0.1) is 17.3 Å². The largest absolute Gasteiger partial charge is 0.491 e. The summed E-state index contributed by atoms with van der Waals surface area (Å²) in [6.07, 6.45) is 6.28. The van der Waals surface area contributed by atoms with Gasteiger partial charge in [-0.25, -0.2) is 4.98 Å². The average molecular weight is 534 g/mol. The molecule has 1 aromatic carbocycles. The van der Waals surface area contributed by atoms with Crippen LogP contribution in [-0.2, 0) is 4.74 Å². The topological polar surface area (TPSA) is 92.2 Å². The number of ether oxygens (including phenoxy) is 3. The molecule has 1 aliphatic rings. The van der Waals surface area contributed by atoms with E-state index in [0.29, 0.717) is 28.6 Å². The molecule has 0 amide bonds. The highest BCUT2D eigenvalue weighted by Crippen LogP contribution is 2.24. The van der Waals surface area contributed by atoms with Crippen LogP contribution in [-0.4, -0.2) is 96.7 Å². The smallest absolute Gasteiger partial charge is 0.233 e. The third-order valence-corrected chi connectivity index (χ3v) is 5.79. The standard InChI is InChI=1S/C24H32BrN5O4/c1-3-14-33-23-22(25)16-26-24(28-23)27-19-5-7-21(8-6-19)34-18-20(31)17-30-11-9-29(10-12-30)13-15-32-4-2/h1,5-8,16,20,31H,4,9-15,17-18H2,2H3,(H,26,27,28).